The molecule has 3 saturated heterocycles. The number of carbonyl (C=O) groups is 1. The molecular weight excluding hydrogens is 256 g/mol. The van der Waals surface area contributed by atoms with Gasteiger partial charge in [0, 0.05) is 39.9 Å². The number of fused-ring (bicyclic) bond motifs is 1. The second-order valence-electron chi connectivity index (χ2n) is 6.52. The van der Waals surface area contributed by atoms with Gasteiger partial charge in [0.1, 0.15) is 6.10 Å². The van der Waals surface area contributed by atoms with Crippen LogP contribution in [0.3, 0.4) is 0 Å². The van der Waals surface area contributed by atoms with Crippen LogP contribution < -0.4 is 0 Å². The first-order valence-electron chi connectivity index (χ1n) is 7.83. The second-order valence-corrected chi connectivity index (χ2v) is 6.52. The summed E-state index contributed by atoms with van der Waals surface area (Å²) in [6, 6.07) is 0.650. The van der Waals surface area contributed by atoms with E-state index in [-0.39, 0.29) is 18.1 Å². The zero-order chi connectivity index (χ0) is 14.1. The van der Waals surface area contributed by atoms with E-state index in [9.17, 15) is 4.79 Å². The zero-order valence-electron chi connectivity index (χ0n) is 12.6. The van der Waals surface area contributed by atoms with Gasteiger partial charge in [-0.1, -0.05) is 0 Å². The fourth-order valence-corrected chi connectivity index (χ4v) is 3.78. The number of ether oxygens (including phenoxy) is 2. The smallest absolute Gasteiger partial charge is 0.251 e. The van der Waals surface area contributed by atoms with E-state index in [0.29, 0.717) is 12.0 Å². The summed E-state index contributed by atoms with van der Waals surface area (Å²) in [5.74, 6) is 0.692. The third-order valence-corrected chi connectivity index (χ3v) is 5.01. The molecule has 5 nitrogen and oxygen atoms in total. The molecule has 0 aromatic heterocycles. The van der Waals surface area contributed by atoms with E-state index in [0.717, 1.165) is 45.6 Å². The van der Waals surface area contributed by atoms with Crippen LogP contribution in [0.2, 0.25) is 0 Å². The number of amides is 1. The van der Waals surface area contributed by atoms with Crippen LogP contribution in [-0.4, -0.2) is 74.4 Å². The number of rotatable bonds is 2. The number of nitrogens with zero attached hydrogens (tertiary/aromatic N) is 2. The van der Waals surface area contributed by atoms with Crippen molar-refractivity contribution < 1.29 is 14.3 Å². The maximum atomic E-state index is 12.0. The van der Waals surface area contributed by atoms with Gasteiger partial charge in [-0.15, -0.1) is 0 Å². The molecule has 0 N–H and O–H groups in total. The predicted octanol–water partition coefficient (Wildman–Crippen LogP) is 0.733. The molecule has 0 spiro atoms. The van der Waals surface area contributed by atoms with Crippen LogP contribution in [0.5, 0.6) is 0 Å². The summed E-state index contributed by atoms with van der Waals surface area (Å²) in [5.41, 5.74) is 0. The Morgan fingerprint density at radius 1 is 1.20 bits per heavy atom. The van der Waals surface area contributed by atoms with E-state index in [1.54, 1.807) is 4.90 Å². The van der Waals surface area contributed by atoms with Crippen molar-refractivity contribution >= 4 is 5.91 Å². The first-order valence-corrected chi connectivity index (χ1v) is 7.83. The van der Waals surface area contributed by atoms with E-state index in [1.165, 1.54) is 6.42 Å². The van der Waals surface area contributed by atoms with Crippen molar-refractivity contribution in [3.63, 3.8) is 0 Å². The molecule has 0 unspecified atom stereocenters. The lowest BCUT2D eigenvalue weighted by Gasteiger charge is -2.40. The van der Waals surface area contributed by atoms with Gasteiger partial charge in [0.25, 0.3) is 5.91 Å². The van der Waals surface area contributed by atoms with Gasteiger partial charge in [0.15, 0.2) is 0 Å². The van der Waals surface area contributed by atoms with Crippen molar-refractivity contribution in [1.82, 2.24) is 9.80 Å². The van der Waals surface area contributed by atoms with E-state index in [2.05, 4.69) is 4.90 Å². The van der Waals surface area contributed by atoms with Gasteiger partial charge in [-0.05, 0) is 38.1 Å². The van der Waals surface area contributed by atoms with E-state index in [1.807, 2.05) is 14.1 Å². The molecule has 0 saturated carbocycles. The summed E-state index contributed by atoms with van der Waals surface area (Å²) in [6.45, 7) is 3.92. The Labute approximate surface area is 121 Å². The first-order chi connectivity index (χ1) is 9.65. The molecule has 5 heteroatoms. The van der Waals surface area contributed by atoms with Crippen LogP contribution in [-0.2, 0) is 14.3 Å². The highest BCUT2D eigenvalue weighted by Crippen LogP contribution is 2.35. The van der Waals surface area contributed by atoms with Crippen LogP contribution in [0.1, 0.15) is 25.7 Å². The van der Waals surface area contributed by atoms with E-state index in [4.69, 9.17) is 9.47 Å². The Bertz CT molecular complexity index is 355. The lowest BCUT2D eigenvalue weighted by Crippen LogP contribution is -2.49. The lowest BCUT2D eigenvalue weighted by molar-refractivity contribution is -0.141. The van der Waals surface area contributed by atoms with Crippen LogP contribution >= 0.6 is 0 Å². The summed E-state index contributed by atoms with van der Waals surface area (Å²) in [6.07, 6.45) is 4.38. The maximum absolute atomic E-state index is 12.0. The average molecular weight is 282 g/mol. The molecule has 3 aliphatic rings. The molecule has 0 aromatic carbocycles. The van der Waals surface area contributed by atoms with Crippen molar-refractivity contribution in [2.75, 3.05) is 40.4 Å². The van der Waals surface area contributed by atoms with Gasteiger partial charge in [-0.3, -0.25) is 9.69 Å². The Morgan fingerprint density at radius 3 is 2.65 bits per heavy atom. The van der Waals surface area contributed by atoms with Crippen LogP contribution in [0.15, 0.2) is 0 Å². The molecule has 20 heavy (non-hydrogen) atoms. The van der Waals surface area contributed by atoms with Gasteiger partial charge in [0.2, 0.25) is 0 Å². The fourth-order valence-electron chi connectivity index (χ4n) is 3.78. The minimum absolute atomic E-state index is 0.122. The summed E-state index contributed by atoms with van der Waals surface area (Å²) >= 11 is 0. The monoisotopic (exact) mass is 282 g/mol. The largest absolute Gasteiger partial charge is 0.381 e. The minimum atomic E-state index is -0.213. The van der Waals surface area contributed by atoms with E-state index < -0.39 is 0 Å². The van der Waals surface area contributed by atoms with Crippen molar-refractivity contribution in [3.05, 3.63) is 0 Å². The maximum Gasteiger partial charge on any atom is 0.251 e. The standard InChI is InChI=1S/C15H26N2O3/c1-16(2)15(18)13-9-11-3-6-17(10-14(11)20-13)12-4-7-19-8-5-12/h11-14H,3-10H2,1-2H3/t11-,13-,14+/m0/s1. The fraction of sp³-hybridized carbons (Fsp3) is 0.933. The molecule has 0 bridgehead atoms. The van der Waals surface area contributed by atoms with Crippen LogP contribution in [0.25, 0.3) is 0 Å². The van der Waals surface area contributed by atoms with Gasteiger partial charge in [-0.25, -0.2) is 0 Å². The Hall–Kier alpha value is -0.650. The molecule has 3 heterocycles. The molecule has 3 atom stereocenters. The van der Waals surface area contributed by atoms with Crippen LogP contribution in [0, 0.1) is 5.92 Å². The van der Waals surface area contributed by atoms with Crippen molar-refractivity contribution in [1.29, 1.82) is 0 Å². The molecule has 0 aromatic rings. The minimum Gasteiger partial charge on any atom is -0.381 e. The summed E-state index contributed by atoms with van der Waals surface area (Å²) in [7, 11) is 3.62. The molecule has 0 radical (unpaired) electrons. The van der Waals surface area contributed by atoms with Gasteiger partial charge < -0.3 is 14.4 Å². The summed E-state index contributed by atoms with van der Waals surface area (Å²) in [5, 5.41) is 0. The third-order valence-electron chi connectivity index (χ3n) is 5.01. The normalized spacial score (nSPS) is 35.8. The molecule has 0 aliphatic carbocycles. The molecule has 114 valence electrons. The molecule has 3 fully saturated rings. The number of carbonyl (C=O) groups excluding carboxylic acids is 1. The van der Waals surface area contributed by atoms with Gasteiger partial charge in [-0.2, -0.15) is 0 Å². The van der Waals surface area contributed by atoms with Crippen molar-refractivity contribution in [3.8, 4) is 0 Å². The highest BCUT2D eigenvalue weighted by molar-refractivity contribution is 5.80. The Kier molecular flexibility index (Phi) is 4.29. The van der Waals surface area contributed by atoms with Crippen molar-refractivity contribution in [2.24, 2.45) is 5.92 Å². The number of hydrogen-bond donors (Lipinski definition) is 0. The third kappa shape index (κ3) is 2.85. The van der Waals surface area contributed by atoms with Crippen molar-refractivity contribution in [2.45, 2.75) is 43.9 Å². The SMILES string of the molecule is CN(C)C(=O)[C@@H]1C[C@@H]2CCN(C3CCOCC3)C[C@H]2O1. The number of likely N-dealkylation sites (N-methyl/N-ethyl adjacent to an activating group) is 1. The first kappa shape index (κ1) is 14.3. The Balaban J connectivity index is 1.57. The van der Waals surface area contributed by atoms with Crippen LogP contribution in [0.4, 0.5) is 0 Å². The summed E-state index contributed by atoms with van der Waals surface area (Å²) in [4.78, 5) is 16.3. The number of hydrogen-bond acceptors (Lipinski definition) is 4. The predicted molar refractivity (Wildman–Crippen MR) is 75.5 cm³/mol. The topological polar surface area (TPSA) is 42.0 Å². The highest BCUT2D eigenvalue weighted by Gasteiger charge is 2.43. The molecule has 1 amide bonds. The number of piperidine rings is 1. The molecular formula is C15H26N2O3. The zero-order valence-corrected chi connectivity index (χ0v) is 12.6. The van der Waals surface area contributed by atoms with Gasteiger partial charge >= 0.3 is 0 Å². The quantitative estimate of drug-likeness (QED) is 0.749. The average Bonchev–Trinajstić information content (AvgIpc) is 2.90. The second kappa shape index (κ2) is 6.00. The van der Waals surface area contributed by atoms with Gasteiger partial charge in [0.05, 0.1) is 6.10 Å². The molecule has 3 aliphatic heterocycles. The lowest BCUT2D eigenvalue weighted by atomic mass is 9.90. The summed E-state index contributed by atoms with van der Waals surface area (Å²) < 4.78 is 11.5. The highest BCUT2D eigenvalue weighted by atomic mass is 16.5. The van der Waals surface area contributed by atoms with E-state index >= 15 is 0 Å². The molecule has 3 rings (SSSR count). The number of likely N-dealkylation sites (tertiary alicyclic amines) is 1. The Morgan fingerprint density at radius 2 is 1.95 bits per heavy atom.